The monoisotopic (exact) mass is 264 g/mol. The Labute approximate surface area is 113 Å². The molecule has 0 aromatic heterocycles. The molecule has 1 aromatic rings. The normalized spacial score (nSPS) is 10.1. The number of nitrogens with zero attached hydrogens (tertiary/aromatic N) is 1. The average molecular weight is 264 g/mol. The van der Waals surface area contributed by atoms with E-state index in [1.165, 1.54) is 6.92 Å². The highest BCUT2D eigenvalue weighted by Gasteiger charge is 2.13. The number of anilines is 1. The molecule has 0 spiro atoms. The van der Waals surface area contributed by atoms with Gasteiger partial charge in [-0.1, -0.05) is 0 Å². The van der Waals surface area contributed by atoms with Crippen molar-refractivity contribution in [2.45, 2.75) is 20.3 Å². The number of carbonyl (C=O) groups excluding carboxylic acids is 2. The van der Waals surface area contributed by atoms with Crippen LogP contribution in [0, 0.1) is 0 Å². The standard InChI is InChI=1S/C14H20N2O3/c1-3-16(9-4-10-17)14(19)12-5-7-13(8-6-12)15-11(2)18/h5-8,17H,3-4,9-10H2,1-2H3,(H,15,18). The Morgan fingerprint density at radius 1 is 1.26 bits per heavy atom. The lowest BCUT2D eigenvalue weighted by molar-refractivity contribution is -0.114. The van der Waals surface area contributed by atoms with Gasteiger partial charge in [0.1, 0.15) is 0 Å². The topological polar surface area (TPSA) is 69.6 Å². The summed E-state index contributed by atoms with van der Waals surface area (Å²) < 4.78 is 0. The summed E-state index contributed by atoms with van der Waals surface area (Å²) in [4.78, 5) is 24.8. The van der Waals surface area contributed by atoms with Gasteiger partial charge in [-0.05, 0) is 37.6 Å². The Kier molecular flexibility index (Phi) is 6.02. The third kappa shape index (κ3) is 4.71. The van der Waals surface area contributed by atoms with E-state index >= 15 is 0 Å². The van der Waals surface area contributed by atoms with Crippen LogP contribution in [-0.2, 0) is 4.79 Å². The van der Waals surface area contributed by atoms with Crippen LogP contribution in [0.2, 0.25) is 0 Å². The molecule has 0 radical (unpaired) electrons. The molecule has 0 aliphatic carbocycles. The van der Waals surface area contributed by atoms with Crippen LogP contribution in [0.25, 0.3) is 0 Å². The number of hydrogen-bond donors (Lipinski definition) is 2. The molecule has 2 N–H and O–H groups in total. The molecule has 0 bridgehead atoms. The zero-order valence-corrected chi connectivity index (χ0v) is 11.3. The summed E-state index contributed by atoms with van der Waals surface area (Å²) in [5.41, 5.74) is 1.25. The summed E-state index contributed by atoms with van der Waals surface area (Å²) >= 11 is 0. The van der Waals surface area contributed by atoms with Crippen molar-refractivity contribution in [2.75, 3.05) is 25.0 Å². The Bertz CT molecular complexity index is 429. The molecule has 0 unspecified atom stereocenters. The first kappa shape index (κ1) is 15.2. The van der Waals surface area contributed by atoms with Gasteiger partial charge < -0.3 is 15.3 Å². The van der Waals surface area contributed by atoms with Crippen LogP contribution >= 0.6 is 0 Å². The van der Waals surface area contributed by atoms with Crippen LogP contribution in [0.15, 0.2) is 24.3 Å². The molecule has 0 aliphatic heterocycles. The SMILES string of the molecule is CCN(CCCO)C(=O)c1ccc(NC(C)=O)cc1. The number of aliphatic hydroxyl groups excluding tert-OH is 1. The maximum Gasteiger partial charge on any atom is 0.253 e. The number of nitrogens with one attached hydrogen (secondary N) is 1. The van der Waals surface area contributed by atoms with Gasteiger partial charge in [-0.3, -0.25) is 9.59 Å². The summed E-state index contributed by atoms with van der Waals surface area (Å²) in [6.07, 6.45) is 0.573. The van der Waals surface area contributed by atoms with Crippen LogP contribution in [0.1, 0.15) is 30.6 Å². The predicted octanol–water partition coefficient (Wildman–Crippen LogP) is 1.49. The molecule has 104 valence electrons. The van der Waals surface area contributed by atoms with Crippen LogP contribution in [0.4, 0.5) is 5.69 Å². The summed E-state index contributed by atoms with van der Waals surface area (Å²) in [6.45, 7) is 4.56. The van der Waals surface area contributed by atoms with Crippen molar-refractivity contribution in [1.82, 2.24) is 4.90 Å². The largest absolute Gasteiger partial charge is 0.396 e. The fraction of sp³-hybridized carbons (Fsp3) is 0.429. The number of amides is 2. The van der Waals surface area contributed by atoms with Crippen LogP contribution < -0.4 is 5.32 Å². The first-order valence-corrected chi connectivity index (χ1v) is 6.36. The maximum absolute atomic E-state index is 12.2. The smallest absolute Gasteiger partial charge is 0.253 e. The van der Waals surface area contributed by atoms with E-state index in [1.807, 2.05) is 6.92 Å². The van der Waals surface area contributed by atoms with Crippen molar-refractivity contribution < 1.29 is 14.7 Å². The van der Waals surface area contributed by atoms with E-state index in [9.17, 15) is 9.59 Å². The van der Waals surface area contributed by atoms with E-state index in [2.05, 4.69) is 5.32 Å². The van der Waals surface area contributed by atoms with Crippen molar-refractivity contribution in [3.63, 3.8) is 0 Å². The van der Waals surface area contributed by atoms with Crippen LogP contribution in [0.5, 0.6) is 0 Å². The van der Waals surface area contributed by atoms with Gasteiger partial charge in [0, 0.05) is 37.9 Å². The molecule has 0 fully saturated rings. The second-order valence-electron chi connectivity index (χ2n) is 4.22. The van der Waals surface area contributed by atoms with E-state index in [1.54, 1.807) is 29.2 Å². The third-order valence-electron chi connectivity index (χ3n) is 2.71. The second kappa shape index (κ2) is 7.53. The molecule has 1 rings (SSSR count). The molecule has 19 heavy (non-hydrogen) atoms. The van der Waals surface area contributed by atoms with Crippen molar-refractivity contribution in [1.29, 1.82) is 0 Å². The lowest BCUT2D eigenvalue weighted by atomic mass is 10.1. The van der Waals surface area contributed by atoms with Crippen LogP contribution in [0.3, 0.4) is 0 Å². The molecular formula is C14H20N2O3. The molecule has 0 aliphatic rings. The molecule has 0 saturated carbocycles. The fourth-order valence-corrected chi connectivity index (χ4v) is 1.75. The molecule has 2 amide bonds. The van der Waals surface area contributed by atoms with E-state index in [-0.39, 0.29) is 18.4 Å². The van der Waals surface area contributed by atoms with Gasteiger partial charge in [0.05, 0.1) is 0 Å². The Morgan fingerprint density at radius 2 is 1.89 bits per heavy atom. The number of rotatable bonds is 6. The summed E-state index contributed by atoms with van der Waals surface area (Å²) in [5.74, 6) is -0.206. The zero-order chi connectivity index (χ0) is 14.3. The zero-order valence-electron chi connectivity index (χ0n) is 11.3. The lowest BCUT2D eigenvalue weighted by Gasteiger charge is -2.20. The number of benzene rings is 1. The van der Waals surface area contributed by atoms with Gasteiger partial charge in [0.2, 0.25) is 5.91 Å². The van der Waals surface area contributed by atoms with Gasteiger partial charge in [0.25, 0.3) is 5.91 Å². The quantitative estimate of drug-likeness (QED) is 0.818. The highest BCUT2D eigenvalue weighted by atomic mass is 16.3. The van der Waals surface area contributed by atoms with E-state index in [0.29, 0.717) is 30.8 Å². The summed E-state index contributed by atoms with van der Waals surface area (Å²) in [7, 11) is 0. The minimum atomic E-state index is -0.141. The van der Waals surface area contributed by atoms with Gasteiger partial charge >= 0.3 is 0 Å². The number of hydrogen-bond acceptors (Lipinski definition) is 3. The summed E-state index contributed by atoms with van der Waals surface area (Å²) in [6, 6.07) is 6.79. The second-order valence-corrected chi connectivity index (χ2v) is 4.22. The molecule has 0 heterocycles. The third-order valence-corrected chi connectivity index (χ3v) is 2.71. The fourth-order valence-electron chi connectivity index (χ4n) is 1.75. The minimum Gasteiger partial charge on any atom is -0.396 e. The first-order chi connectivity index (χ1) is 9.08. The molecule has 5 heteroatoms. The first-order valence-electron chi connectivity index (χ1n) is 6.36. The Hall–Kier alpha value is -1.88. The maximum atomic E-state index is 12.2. The van der Waals surface area contributed by atoms with Gasteiger partial charge in [0.15, 0.2) is 0 Å². The van der Waals surface area contributed by atoms with Crippen molar-refractivity contribution in [3.8, 4) is 0 Å². The Balaban J connectivity index is 2.73. The number of aliphatic hydroxyl groups is 1. The minimum absolute atomic E-state index is 0.0645. The van der Waals surface area contributed by atoms with Gasteiger partial charge in [-0.25, -0.2) is 0 Å². The highest BCUT2D eigenvalue weighted by Crippen LogP contribution is 2.11. The summed E-state index contributed by atoms with van der Waals surface area (Å²) in [5, 5.41) is 11.5. The van der Waals surface area contributed by atoms with E-state index in [4.69, 9.17) is 5.11 Å². The van der Waals surface area contributed by atoms with E-state index < -0.39 is 0 Å². The molecule has 0 saturated heterocycles. The molecule has 0 atom stereocenters. The highest BCUT2D eigenvalue weighted by molar-refractivity contribution is 5.95. The van der Waals surface area contributed by atoms with Crippen molar-refractivity contribution in [3.05, 3.63) is 29.8 Å². The molecular weight excluding hydrogens is 244 g/mol. The molecule has 1 aromatic carbocycles. The van der Waals surface area contributed by atoms with Gasteiger partial charge in [-0.15, -0.1) is 0 Å². The molecule has 5 nitrogen and oxygen atoms in total. The lowest BCUT2D eigenvalue weighted by Crippen LogP contribution is -2.32. The average Bonchev–Trinajstić information content (AvgIpc) is 2.39. The van der Waals surface area contributed by atoms with E-state index in [0.717, 1.165) is 0 Å². The Morgan fingerprint density at radius 3 is 2.37 bits per heavy atom. The van der Waals surface area contributed by atoms with Crippen LogP contribution in [-0.4, -0.2) is 41.5 Å². The van der Waals surface area contributed by atoms with Crippen molar-refractivity contribution >= 4 is 17.5 Å². The predicted molar refractivity (Wildman–Crippen MR) is 74.0 cm³/mol. The number of carbonyl (C=O) groups is 2. The van der Waals surface area contributed by atoms with Crippen molar-refractivity contribution in [2.24, 2.45) is 0 Å². The van der Waals surface area contributed by atoms with Gasteiger partial charge in [-0.2, -0.15) is 0 Å².